The van der Waals surface area contributed by atoms with Gasteiger partial charge in [-0.15, -0.1) is 0 Å². The topological polar surface area (TPSA) is 50.3 Å². The molecular formula is C14H13N3O. The normalized spacial score (nSPS) is 17.5. The summed E-state index contributed by atoms with van der Waals surface area (Å²) >= 11 is 0. The molecule has 2 aromatic heterocycles. The molecule has 0 saturated heterocycles. The van der Waals surface area contributed by atoms with E-state index in [9.17, 15) is 0 Å². The summed E-state index contributed by atoms with van der Waals surface area (Å²) in [7, 11) is 0. The van der Waals surface area contributed by atoms with Gasteiger partial charge >= 0.3 is 0 Å². The van der Waals surface area contributed by atoms with E-state index in [4.69, 9.17) is 10.00 Å². The van der Waals surface area contributed by atoms with Crippen molar-refractivity contribution >= 4 is 5.52 Å². The molecule has 0 N–H and O–H groups in total. The summed E-state index contributed by atoms with van der Waals surface area (Å²) in [6.45, 7) is 0.741. The lowest BCUT2D eigenvalue weighted by molar-refractivity contribution is 0.356. The molecule has 90 valence electrons. The summed E-state index contributed by atoms with van der Waals surface area (Å²) in [5, 5.41) is 13.7. The van der Waals surface area contributed by atoms with Crippen molar-refractivity contribution < 1.29 is 4.74 Å². The number of pyridine rings is 1. The average Bonchev–Trinajstić information content (AvgIpc) is 2.99. The van der Waals surface area contributed by atoms with Gasteiger partial charge in [-0.2, -0.15) is 10.4 Å². The van der Waals surface area contributed by atoms with Gasteiger partial charge in [0.15, 0.2) is 0 Å². The number of hydrogen-bond acceptors (Lipinski definition) is 3. The molecule has 4 heteroatoms. The van der Waals surface area contributed by atoms with E-state index in [1.54, 1.807) is 0 Å². The third-order valence-corrected chi connectivity index (χ3v) is 3.82. The third kappa shape index (κ3) is 1.28. The summed E-state index contributed by atoms with van der Waals surface area (Å²) in [6, 6.07) is 4.26. The smallest absolute Gasteiger partial charge is 0.126 e. The molecule has 1 aliphatic heterocycles. The number of ether oxygens (including phenoxy) is 1. The molecule has 0 spiro atoms. The van der Waals surface area contributed by atoms with E-state index in [1.165, 1.54) is 18.4 Å². The maximum atomic E-state index is 9.05. The summed E-state index contributed by atoms with van der Waals surface area (Å²) in [5.74, 6) is 1.54. The van der Waals surface area contributed by atoms with Gasteiger partial charge in [0.25, 0.3) is 0 Å². The van der Waals surface area contributed by atoms with Crippen LogP contribution >= 0.6 is 0 Å². The Labute approximate surface area is 105 Å². The molecule has 1 saturated carbocycles. The molecule has 0 unspecified atom stereocenters. The number of fused-ring (bicyclic) bond motifs is 3. The second-order valence-corrected chi connectivity index (χ2v) is 5.02. The van der Waals surface area contributed by atoms with E-state index in [0.717, 1.165) is 35.6 Å². The highest BCUT2D eigenvalue weighted by molar-refractivity contribution is 5.68. The van der Waals surface area contributed by atoms with Crippen LogP contribution in [-0.4, -0.2) is 16.2 Å². The Morgan fingerprint density at radius 2 is 2.39 bits per heavy atom. The second-order valence-electron chi connectivity index (χ2n) is 5.02. The highest BCUT2D eigenvalue weighted by Gasteiger charge is 2.31. The SMILES string of the molecule is N#CCc1c(C2CC2)nn2ccc3c(c12)CCO3. The van der Waals surface area contributed by atoms with E-state index >= 15 is 0 Å². The number of nitriles is 1. The van der Waals surface area contributed by atoms with Crippen molar-refractivity contribution in [3.63, 3.8) is 0 Å². The zero-order valence-corrected chi connectivity index (χ0v) is 10.0. The molecule has 3 heterocycles. The first-order valence-corrected chi connectivity index (χ1v) is 6.41. The van der Waals surface area contributed by atoms with Gasteiger partial charge < -0.3 is 4.74 Å². The average molecular weight is 239 g/mol. The quantitative estimate of drug-likeness (QED) is 0.807. The van der Waals surface area contributed by atoms with E-state index in [0.29, 0.717) is 12.3 Å². The van der Waals surface area contributed by atoms with E-state index in [-0.39, 0.29) is 0 Å². The molecule has 1 aliphatic carbocycles. The first kappa shape index (κ1) is 9.95. The van der Waals surface area contributed by atoms with Crippen molar-refractivity contribution in [3.05, 3.63) is 29.1 Å². The lowest BCUT2D eigenvalue weighted by atomic mass is 10.0. The van der Waals surface area contributed by atoms with Crippen molar-refractivity contribution in [2.45, 2.75) is 31.6 Å². The highest BCUT2D eigenvalue weighted by atomic mass is 16.5. The zero-order valence-electron chi connectivity index (χ0n) is 10.0. The number of rotatable bonds is 2. The van der Waals surface area contributed by atoms with Crippen LogP contribution < -0.4 is 4.74 Å². The van der Waals surface area contributed by atoms with Crippen LogP contribution in [0.3, 0.4) is 0 Å². The van der Waals surface area contributed by atoms with Gasteiger partial charge in [0.1, 0.15) is 5.75 Å². The third-order valence-electron chi connectivity index (χ3n) is 3.82. The summed E-state index contributed by atoms with van der Waals surface area (Å²) in [6.07, 6.45) is 5.74. The van der Waals surface area contributed by atoms with Crippen LogP contribution in [0.1, 0.15) is 35.6 Å². The van der Waals surface area contributed by atoms with Gasteiger partial charge in [-0.05, 0) is 18.9 Å². The molecule has 0 amide bonds. The summed E-state index contributed by atoms with van der Waals surface area (Å²) < 4.78 is 7.54. The van der Waals surface area contributed by atoms with Crippen molar-refractivity contribution in [1.82, 2.24) is 9.61 Å². The molecule has 0 bridgehead atoms. The van der Waals surface area contributed by atoms with Gasteiger partial charge in [-0.25, -0.2) is 4.52 Å². The standard InChI is InChI=1S/C14H13N3O/c15-6-3-11-13(9-1-2-9)16-17-7-4-12-10(14(11)17)5-8-18-12/h4,7,9H,1-3,5,8H2. The fourth-order valence-corrected chi connectivity index (χ4v) is 2.85. The van der Waals surface area contributed by atoms with Crippen LogP contribution in [0.25, 0.3) is 5.52 Å². The van der Waals surface area contributed by atoms with Gasteiger partial charge in [0.2, 0.25) is 0 Å². The zero-order chi connectivity index (χ0) is 12.1. The first-order valence-electron chi connectivity index (χ1n) is 6.41. The minimum Gasteiger partial charge on any atom is -0.493 e. The predicted molar refractivity (Wildman–Crippen MR) is 65.7 cm³/mol. The van der Waals surface area contributed by atoms with Crippen LogP contribution in [0.2, 0.25) is 0 Å². The number of aromatic nitrogens is 2. The fraction of sp³-hybridized carbons (Fsp3) is 0.429. The van der Waals surface area contributed by atoms with Gasteiger partial charge in [-0.3, -0.25) is 0 Å². The monoisotopic (exact) mass is 239 g/mol. The molecule has 1 fully saturated rings. The van der Waals surface area contributed by atoms with Crippen LogP contribution in [0.15, 0.2) is 12.3 Å². The van der Waals surface area contributed by atoms with Crippen LogP contribution in [0.5, 0.6) is 5.75 Å². The molecule has 4 nitrogen and oxygen atoms in total. The minimum absolute atomic E-state index is 0.450. The van der Waals surface area contributed by atoms with Crippen LogP contribution in [0, 0.1) is 11.3 Å². The second kappa shape index (κ2) is 3.49. The molecular weight excluding hydrogens is 226 g/mol. The molecule has 0 atom stereocenters. The number of hydrogen-bond donors (Lipinski definition) is 0. The highest BCUT2D eigenvalue weighted by Crippen LogP contribution is 2.43. The van der Waals surface area contributed by atoms with Crippen molar-refractivity contribution in [3.8, 4) is 11.8 Å². The van der Waals surface area contributed by atoms with Gasteiger partial charge in [-0.1, -0.05) is 0 Å². The maximum absolute atomic E-state index is 9.05. The largest absolute Gasteiger partial charge is 0.493 e. The maximum Gasteiger partial charge on any atom is 0.126 e. The van der Waals surface area contributed by atoms with Gasteiger partial charge in [0, 0.05) is 29.7 Å². The molecule has 18 heavy (non-hydrogen) atoms. The Kier molecular flexibility index (Phi) is 1.93. The number of nitrogens with zero attached hydrogens (tertiary/aromatic N) is 3. The Hall–Kier alpha value is -2.02. The van der Waals surface area contributed by atoms with Crippen molar-refractivity contribution in [2.24, 2.45) is 0 Å². The van der Waals surface area contributed by atoms with Crippen LogP contribution in [-0.2, 0) is 12.8 Å². The molecule has 0 aromatic carbocycles. The van der Waals surface area contributed by atoms with Gasteiger partial charge in [0.05, 0.1) is 30.3 Å². The molecule has 2 aliphatic rings. The molecule has 2 aromatic rings. The van der Waals surface area contributed by atoms with E-state index < -0.39 is 0 Å². The predicted octanol–water partition coefficient (Wildman–Crippen LogP) is 2.21. The lowest BCUT2D eigenvalue weighted by Crippen LogP contribution is -1.91. The Morgan fingerprint density at radius 1 is 1.50 bits per heavy atom. The first-order chi connectivity index (χ1) is 8.88. The fourth-order valence-electron chi connectivity index (χ4n) is 2.85. The minimum atomic E-state index is 0.450. The lowest BCUT2D eigenvalue weighted by Gasteiger charge is -2.02. The summed E-state index contributed by atoms with van der Waals surface area (Å²) in [4.78, 5) is 0. The Morgan fingerprint density at radius 3 is 3.17 bits per heavy atom. The summed E-state index contributed by atoms with van der Waals surface area (Å²) in [5.41, 5.74) is 4.61. The molecule has 4 rings (SSSR count). The van der Waals surface area contributed by atoms with E-state index in [1.807, 2.05) is 16.8 Å². The molecule has 0 radical (unpaired) electrons. The van der Waals surface area contributed by atoms with Crippen molar-refractivity contribution in [2.75, 3.05) is 6.61 Å². The Balaban J connectivity index is 2.03. The van der Waals surface area contributed by atoms with E-state index in [2.05, 4.69) is 11.2 Å². The van der Waals surface area contributed by atoms with Crippen molar-refractivity contribution in [1.29, 1.82) is 5.26 Å². The Bertz CT molecular complexity index is 676. The van der Waals surface area contributed by atoms with Crippen LogP contribution in [0.4, 0.5) is 0 Å².